The molecule has 1 heterocycles. The number of aryl methyl sites for hydroxylation is 2. The molecule has 23 heavy (non-hydrogen) atoms. The minimum Gasteiger partial charge on any atom is -0.392 e. The van der Waals surface area contributed by atoms with E-state index in [1.54, 1.807) is 12.1 Å². The predicted molar refractivity (Wildman–Crippen MR) is 91.5 cm³/mol. The quantitative estimate of drug-likeness (QED) is 0.777. The average Bonchev–Trinajstić information content (AvgIpc) is 2.56. The summed E-state index contributed by atoms with van der Waals surface area (Å²) >= 11 is 0. The minimum absolute atomic E-state index is 0.0574. The molecule has 4 heteroatoms. The fourth-order valence-corrected chi connectivity index (χ4v) is 2.52. The van der Waals surface area contributed by atoms with Crippen molar-refractivity contribution in [1.29, 1.82) is 0 Å². The van der Waals surface area contributed by atoms with Gasteiger partial charge in [0, 0.05) is 16.8 Å². The van der Waals surface area contributed by atoms with Crippen LogP contribution in [-0.2, 0) is 6.61 Å². The van der Waals surface area contributed by atoms with Crippen LogP contribution in [0, 0.1) is 13.8 Å². The molecular formula is C19H18N2O2. The Bertz CT molecular complexity index is 888. The number of para-hydroxylation sites is 1. The van der Waals surface area contributed by atoms with Gasteiger partial charge in [0.15, 0.2) is 0 Å². The lowest BCUT2D eigenvalue weighted by Gasteiger charge is -2.11. The number of nitrogens with one attached hydrogen (secondary N) is 1. The third kappa shape index (κ3) is 3.07. The molecule has 0 aliphatic carbocycles. The smallest absolute Gasteiger partial charge is 0.257 e. The minimum atomic E-state index is -0.202. The van der Waals surface area contributed by atoms with Crippen molar-refractivity contribution in [3.05, 3.63) is 70.9 Å². The van der Waals surface area contributed by atoms with E-state index >= 15 is 0 Å². The second-order valence-electron chi connectivity index (χ2n) is 5.59. The van der Waals surface area contributed by atoms with Gasteiger partial charge in [-0.3, -0.25) is 9.78 Å². The van der Waals surface area contributed by atoms with Crippen LogP contribution in [0.3, 0.4) is 0 Å². The number of carbonyl (C=O) groups excluding carboxylic acids is 1. The number of aliphatic hydroxyl groups is 1. The number of aliphatic hydroxyl groups excluding tert-OH is 1. The van der Waals surface area contributed by atoms with E-state index < -0.39 is 0 Å². The standard InChI is InChI=1S/C19H18N2O2/c1-12-6-8-14(11-22)10-17(12)21-19(23)16-5-3-4-15-9-7-13(2)20-18(15)16/h3-10,22H,11H2,1-2H3,(H,21,23). The van der Waals surface area contributed by atoms with Gasteiger partial charge in [-0.05, 0) is 43.2 Å². The molecule has 116 valence electrons. The highest BCUT2D eigenvalue weighted by atomic mass is 16.3. The second-order valence-corrected chi connectivity index (χ2v) is 5.59. The van der Waals surface area contributed by atoms with Gasteiger partial charge in [-0.2, -0.15) is 0 Å². The van der Waals surface area contributed by atoms with Crippen molar-refractivity contribution in [3.63, 3.8) is 0 Å². The van der Waals surface area contributed by atoms with E-state index in [9.17, 15) is 9.90 Å². The summed E-state index contributed by atoms with van der Waals surface area (Å²) in [6.45, 7) is 3.77. The summed E-state index contributed by atoms with van der Waals surface area (Å²) in [6, 6.07) is 15.0. The largest absolute Gasteiger partial charge is 0.392 e. The zero-order valence-electron chi connectivity index (χ0n) is 13.1. The molecule has 0 bridgehead atoms. The third-order valence-corrected chi connectivity index (χ3v) is 3.84. The topological polar surface area (TPSA) is 62.2 Å². The Morgan fingerprint density at radius 2 is 1.96 bits per heavy atom. The number of fused-ring (bicyclic) bond motifs is 1. The van der Waals surface area contributed by atoms with Crippen LogP contribution in [-0.4, -0.2) is 16.0 Å². The van der Waals surface area contributed by atoms with Gasteiger partial charge < -0.3 is 10.4 Å². The molecule has 0 unspecified atom stereocenters. The SMILES string of the molecule is Cc1ccc2cccc(C(=O)Nc3cc(CO)ccc3C)c2n1. The van der Waals surface area contributed by atoms with Crippen molar-refractivity contribution in [1.82, 2.24) is 4.98 Å². The van der Waals surface area contributed by atoms with E-state index in [1.807, 2.05) is 50.2 Å². The second kappa shape index (κ2) is 6.18. The number of rotatable bonds is 3. The van der Waals surface area contributed by atoms with Crippen LogP contribution < -0.4 is 5.32 Å². The molecule has 0 spiro atoms. The van der Waals surface area contributed by atoms with Crippen LogP contribution in [0.2, 0.25) is 0 Å². The van der Waals surface area contributed by atoms with Crippen molar-refractivity contribution in [2.75, 3.05) is 5.32 Å². The molecule has 0 aliphatic heterocycles. The monoisotopic (exact) mass is 306 g/mol. The molecule has 2 N–H and O–H groups in total. The Labute approximate surface area is 134 Å². The molecule has 3 aromatic rings. The number of aromatic nitrogens is 1. The number of benzene rings is 2. The maximum Gasteiger partial charge on any atom is 0.257 e. The number of hydrogen-bond donors (Lipinski definition) is 2. The Morgan fingerprint density at radius 1 is 1.13 bits per heavy atom. The molecule has 0 fully saturated rings. The van der Waals surface area contributed by atoms with Gasteiger partial charge in [-0.1, -0.05) is 30.3 Å². The van der Waals surface area contributed by atoms with E-state index in [0.29, 0.717) is 16.8 Å². The molecule has 1 aromatic heterocycles. The maximum atomic E-state index is 12.7. The summed E-state index contributed by atoms with van der Waals surface area (Å²) in [6.07, 6.45) is 0. The first-order valence-electron chi connectivity index (χ1n) is 7.46. The molecule has 1 amide bonds. The fourth-order valence-electron chi connectivity index (χ4n) is 2.52. The van der Waals surface area contributed by atoms with E-state index in [-0.39, 0.29) is 12.5 Å². The number of pyridine rings is 1. The molecule has 3 rings (SSSR count). The summed E-state index contributed by atoms with van der Waals surface area (Å²) in [5, 5.41) is 13.1. The van der Waals surface area contributed by atoms with E-state index in [4.69, 9.17) is 0 Å². The Balaban J connectivity index is 2.00. The van der Waals surface area contributed by atoms with Crippen molar-refractivity contribution in [2.45, 2.75) is 20.5 Å². The Hall–Kier alpha value is -2.72. The fraction of sp³-hybridized carbons (Fsp3) is 0.158. The normalized spacial score (nSPS) is 10.7. The van der Waals surface area contributed by atoms with Crippen LogP contribution in [0.4, 0.5) is 5.69 Å². The number of nitrogens with zero attached hydrogens (tertiary/aromatic N) is 1. The molecule has 0 atom stereocenters. The zero-order valence-corrected chi connectivity index (χ0v) is 13.1. The highest BCUT2D eigenvalue weighted by molar-refractivity contribution is 6.12. The number of amides is 1. The summed E-state index contributed by atoms with van der Waals surface area (Å²) in [5.41, 5.74) is 4.51. The van der Waals surface area contributed by atoms with Crippen molar-refractivity contribution < 1.29 is 9.90 Å². The van der Waals surface area contributed by atoms with Gasteiger partial charge in [-0.25, -0.2) is 0 Å². The molecule has 0 aliphatic rings. The van der Waals surface area contributed by atoms with E-state index in [0.717, 1.165) is 22.2 Å². The van der Waals surface area contributed by atoms with Crippen LogP contribution in [0.15, 0.2) is 48.5 Å². The first-order valence-corrected chi connectivity index (χ1v) is 7.46. The first kappa shape index (κ1) is 15.2. The number of carbonyl (C=O) groups is 1. The van der Waals surface area contributed by atoms with Gasteiger partial charge >= 0.3 is 0 Å². The van der Waals surface area contributed by atoms with Gasteiger partial charge in [0.2, 0.25) is 0 Å². The summed E-state index contributed by atoms with van der Waals surface area (Å²) in [5.74, 6) is -0.202. The van der Waals surface area contributed by atoms with Crippen LogP contribution >= 0.6 is 0 Å². The molecule has 0 saturated carbocycles. The van der Waals surface area contributed by atoms with E-state index in [2.05, 4.69) is 10.3 Å². The maximum absolute atomic E-state index is 12.7. The first-order chi connectivity index (χ1) is 11.1. The Morgan fingerprint density at radius 3 is 2.74 bits per heavy atom. The molecular weight excluding hydrogens is 288 g/mol. The summed E-state index contributed by atoms with van der Waals surface area (Å²) in [4.78, 5) is 17.2. The third-order valence-electron chi connectivity index (χ3n) is 3.84. The molecule has 0 saturated heterocycles. The lowest BCUT2D eigenvalue weighted by atomic mass is 10.1. The van der Waals surface area contributed by atoms with Gasteiger partial charge in [0.25, 0.3) is 5.91 Å². The molecule has 2 aromatic carbocycles. The summed E-state index contributed by atoms with van der Waals surface area (Å²) < 4.78 is 0. The van der Waals surface area contributed by atoms with Gasteiger partial charge in [0.05, 0.1) is 17.7 Å². The molecule has 0 radical (unpaired) electrons. The summed E-state index contributed by atoms with van der Waals surface area (Å²) in [7, 11) is 0. The zero-order chi connectivity index (χ0) is 16.4. The predicted octanol–water partition coefficient (Wildman–Crippen LogP) is 3.60. The van der Waals surface area contributed by atoms with Crippen molar-refractivity contribution in [2.24, 2.45) is 0 Å². The van der Waals surface area contributed by atoms with Crippen LogP contribution in [0.25, 0.3) is 10.9 Å². The lowest BCUT2D eigenvalue weighted by Crippen LogP contribution is -2.14. The number of hydrogen-bond acceptors (Lipinski definition) is 3. The van der Waals surface area contributed by atoms with Crippen LogP contribution in [0.1, 0.15) is 27.2 Å². The van der Waals surface area contributed by atoms with E-state index in [1.165, 1.54) is 0 Å². The Kier molecular flexibility index (Phi) is 4.08. The van der Waals surface area contributed by atoms with Gasteiger partial charge in [0.1, 0.15) is 0 Å². The van der Waals surface area contributed by atoms with Crippen molar-refractivity contribution in [3.8, 4) is 0 Å². The van der Waals surface area contributed by atoms with Crippen molar-refractivity contribution >= 4 is 22.5 Å². The number of anilines is 1. The highest BCUT2D eigenvalue weighted by Gasteiger charge is 2.13. The highest BCUT2D eigenvalue weighted by Crippen LogP contribution is 2.21. The lowest BCUT2D eigenvalue weighted by molar-refractivity contribution is 0.102. The average molecular weight is 306 g/mol. The molecule has 4 nitrogen and oxygen atoms in total. The van der Waals surface area contributed by atoms with Crippen LogP contribution in [0.5, 0.6) is 0 Å². The van der Waals surface area contributed by atoms with Gasteiger partial charge in [-0.15, -0.1) is 0 Å².